The van der Waals surface area contributed by atoms with E-state index in [4.69, 9.17) is 0 Å². The highest BCUT2D eigenvalue weighted by Gasteiger charge is 2.27. The molecule has 1 aromatic rings. The molecule has 0 aromatic heterocycles. The van der Waals surface area contributed by atoms with E-state index in [0.29, 0.717) is 28.1 Å². The Bertz CT molecular complexity index is 403. The Morgan fingerprint density at radius 1 is 1.26 bits per heavy atom. The molecule has 1 fully saturated rings. The minimum absolute atomic E-state index is 0.404. The van der Waals surface area contributed by atoms with Gasteiger partial charge < -0.3 is 5.32 Å². The molecular weight excluding hydrogens is 264 g/mol. The van der Waals surface area contributed by atoms with Crippen molar-refractivity contribution in [1.29, 1.82) is 0 Å². The van der Waals surface area contributed by atoms with Gasteiger partial charge in [-0.25, -0.2) is 0 Å². The summed E-state index contributed by atoms with van der Waals surface area (Å²) in [6.45, 7) is 4.62. The monoisotopic (exact) mass is 285 g/mol. The minimum Gasteiger partial charge on any atom is -0.382 e. The molecule has 1 N–H and O–H groups in total. The number of hydrogen-bond acceptors (Lipinski definition) is 2. The van der Waals surface area contributed by atoms with Crippen molar-refractivity contribution >= 4 is 17.4 Å². The van der Waals surface area contributed by atoms with Crippen LogP contribution in [0.3, 0.4) is 0 Å². The van der Waals surface area contributed by atoms with E-state index in [1.165, 1.54) is 25.7 Å². The first-order valence-corrected chi connectivity index (χ1v) is 7.64. The molecule has 2 rings (SSSR count). The largest absolute Gasteiger partial charge is 0.382 e. The van der Waals surface area contributed by atoms with Gasteiger partial charge in [0, 0.05) is 16.6 Å². The highest BCUT2D eigenvalue weighted by atomic mass is 32.2. The second-order valence-electron chi connectivity index (χ2n) is 6.00. The summed E-state index contributed by atoms with van der Waals surface area (Å²) < 4.78 is 24.5. The van der Waals surface area contributed by atoms with E-state index in [2.05, 4.69) is 19.2 Å². The van der Waals surface area contributed by atoms with Crippen LogP contribution in [0.15, 0.2) is 29.2 Å². The number of anilines is 1. The van der Waals surface area contributed by atoms with Gasteiger partial charge in [-0.1, -0.05) is 32.0 Å². The zero-order chi connectivity index (χ0) is 13.9. The Morgan fingerprint density at radius 2 is 1.95 bits per heavy atom. The van der Waals surface area contributed by atoms with Gasteiger partial charge in [0.15, 0.2) is 0 Å². The molecule has 1 saturated carbocycles. The SMILES string of the molecule is CC1(C)CCCC(Nc2ccc(SC(F)F)cc2)C1. The van der Waals surface area contributed by atoms with Crippen molar-refractivity contribution in [2.24, 2.45) is 5.41 Å². The molecule has 4 heteroatoms. The predicted molar refractivity (Wildman–Crippen MR) is 78.0 cm³/mol. The van der Waals surface area contributed by atoms with Gasteiger partial charge in [-0.2, -0.15) is 8.78 Å². The van der Waals surface area contributed by atoms with E-state index in [-0.39, 0.29) is 0 Å². The third-order valence-electron chi connectivity index (χ3n) is 3.66. The highest BCUT2D eigenvalue weighted by Crippen LogP contribution is 2.36. The van der Waals surface area contributed by atoms with Crippen molar-refractivity contribution in [2.75, 3.05) is 5.32 Å². The second kappa shape index (κ2) is 6.12. The average molecular weight is 285 g/mol. The van der Waals surface area contributed by atoms with Gasteiger partial charge in [-0.15, -0.1) is 0 Å². The Labute approximate surface area is 118 Å². The van der Waals surface area contributed by atoms with Crippen molar-refractivity contribution in [1.82, 2.24) is 0 Å². The first-order valence-electron chi connectivity index (χ1n) is 6.76. The van der Waals surface area contributed by atoms with Crippen molar-refractivity contribution < 1.29 is 8.78 Å². The van der Waals surface area contributed by atoms with E-state index in [1.807, 2.05) is 12.1 Å². The lowest BCUT2D eigenvalue weighted by Crippen LogP contribution is -2.31. The molecule has 1 unspecified atom stereocenters. The molecule has 1 aliphatic rings. The van der Waals surface area contributed by atoms with Gasteiger partial charge in [0.25, 0.3) is 5.76 Å². The summed E-state index contributed by atoms with van der Waals surface area (Å²) in [5, 5.41) is 3.52. The summed E-state index contributed by atoms with van der Waals surface area (Å²) in [6.07, 6.45) is 4.90. The third kappa shape index (κ3) is 4.68. The zero-order valence-electron chi connectivity index (χ0n) is 11.5. The van der Waals surface area contributed by atoms with E-state index in [0.717, 1.165) is 5.69 Å². The summed E-state index contributed by atoms with van der Waals surface area (Å²) in [5.74, 6) is -2.35. The van der Waals surface area contributed by atoms with Crippen LogP contribution in [-0.2, 0) is 0 Å². The number of halogens is 2. The first kappa shape index (κ1) is 14.6. The van der Waals surface area contributed by atoms with Gasteiger partial charge in [0.1, 0.15) is 0 Å². The Kier molecular flexibility index (Phi) is 4.71. The maximum absolute atomic E-state index is 12.2. The number of nitrogens with one attached hydrogen (secondary N) is 1. The van der Waals surface area contributed by atoms with Crippen LogP contribution in [-0.4, -0.2) is 11.8 Å². The molecule has 0 aliphatic heterocycles. The highest BCUT2D eigenvalue weighted by molar-refractivity contribution is 7.99. The van der Waals surface area contributed by atoms with Gasteiger partial charge in [-0.3, -0.25) is 0 Å². The lowest BCUT2D eigenvalue weighted by molar-refractivity contribution is 0.229. The number of alkyl halides is 2. The molecule has 106 valence electrons. The summed E-state index contributed by atoms with van der Waals surface area (Å²) >= 11 is 0.592. The fraction of sp³-hybridized carbons (Fsp3) is 0.600. The van der Waals surface area contributed by atoms with Crippen LogP contribution in [0, 0.1) is 5.41 Å². The predicted octanol–water partition coefficient (Wildman–Crippen LogP) is 5.38. The van der Waals surface area contributed by atoms with Crippen LogP contribution in [0.2, 0.25) is 0 Å². The fourth-order valence-corrected chi connectivity index (χ4v) is 3.29. The van der Waals surface area contributed by atoms with Crippen LogP contribution < -0.4 is 5.32 Å². The van der Waals surface area contributed by atoms with E-state index < -0.39 is 5.76 Å². The molecule has 0 spiro atoms. The zero-order valence-corrected chi connectivity index (χ0v) is 12.3. The van der Waals surface area contributed by atoms with E-state index in [9.17, 15) is 8.78 Å². The van der Waals surface area contributed by atoms with Crippen LogP contribution in [0.25, 0.3) is 0 Å². The van der Waals surface area contributed by atoms with E-state index >= 15 is 0 Å². The quantitative estimate of drug-likeness (QED) is 0.745. The Balaban J connectivity index is 1.92. The van der Waals surface area contributed by atoms with Crippen LogP contribution in [0.5, 0.6) is 0 Å². The smallest absolute Gasteiger partial charge is 0.288 e. The maximum atomic E-state index is 12.2. The third-order valence-corrected chi connectivity index (χ3v) is 4.38. The maximum Gasteiger partial charge on any atom is 0.288 e. The summed E-state index contributed by atoms with van der Waals surface area (Å²) in [6, 6.07) is 7.80. The molecule has 0 radical (unpaired) electrons. The number of hydrogen-bond donors (Lipinski definition) is 1. The number of benzene rings is 1. The lowest BCUT2D eigenvalue weighted by atomic mass is 9.75. The molecular formula is C15H21F2NS. The van der Waals surface area contributed by atoms with Gasteiger partial charge in [0.05, 0.1) is 0 Å². The van der Waals surface area contributed by atoms with E-state index in [1.54, 1.807) is 12.1 Å². The molecule has 0 saturated heterocycles. The fourth-order valence-electron chi connectivity index (χ4n) is 2.79. The Morgan fingerprint density at radius 3 is 2.53 bits per heavy atom. The lowest BCUT2D eigenvalue weighted by Gasteiger charge is -2.36. The molecule has 19 heavy (non-hydrogen) atoms. The summed E-state index contributed by atoms with van der Waals surface area (Å²) in [7, 11) is 0. The molecule has 0 amide bonds. The molecule has 1 atom stereocenters. The molecule has 1 aliphatic carbocycles. The number of rotatable bonds is 4. The van der Waals surface area contributed by atoms with Crippen molar-refractivity contribution in [3.05, 3.63) is 24.3 Å². The van der Waals surface area contributed by atoms with Gasteiger partial charge in [0.2, 0.25) is 0 Å². The summed E-state index contributed by atoms with van der Waals surface area (Å²) in [5.41, 5.74) is 1.43. The van der Waals surface area contributed by atoms with Crippen molar-refractivity contribution in [3.63, 3.8) is 0 Å². The van der Waals surface area contributed by atoms with Crippen LogP contribution >= 0.6 is 11.8 Å². The summed E-state index contributed by atoms with van der Waals surface area (Å²) in [4.78, 5) is 0.615. The first-order chi connectivity index (χ1) is 8.94. The van der Waals surface area contributed by atoms with Gasteiger partial charge in [-0.05, 0) is 48.9 Å². The molecule has 0 heterocycles. The normalized spacial score (nSPS) is 22.5. The van der Waals surface area contributed by atoms with Crippen molar-refractivity contribution in [3.8, 4) is 0 Å². The van der Waals surface area contributed by atoms with Gasteiger partial charge >= 0.3 is 0 Å². The minimum atomic E-state index is -2.35. The number of thioether (sulfide) groups is 1. The average Bonchev–Trinajstić information content (AvgIpc) is 2.30. The Hall–Kier alpha value is -0.770. The molecule has 0 bridgehead atoms. The van der Waals surface area contributed by atoms with Crippen LogP contribution in [0.4, 0.5) is 14.5 Å². The molecule has 1 aromatic carbocycles. The second-order valence-corrected chi connectivity index (χ2v) is 7.07. The standard InChI is InChI=1S/C15H21F2NS/c1-15(2)9-3-4-12(10-15)18-11-5-7-13(8-6-11)19-14(16)17/h5-8,12,14,18H,3-4,9-10H2,1-2H3. The van der Waals surface area contributed by atoms with Crippen LogP contribution in [0.1, 0.15) is 39.5 Å². The molecule has 1 nitrogen and oxygen atoms in total. The topological polar surface area (TPSA) is 12.0 Å². The van der Waals surface area contributed by atoms with Crippen molar-refractivity contribution in [2.45, 2.75) is 56.2 Å².